The Bertz CT molecular complexity index is 89.6. The fourth-order valence-corrected chi connectivity index (χ4v) is 2.03. The van der Waals surface area contributed by atoms with E-state index < -0.39 is 6.29 Å². The van der Waals surface area contributed by atoms with Gasteiger partial charge < -0.3 is 9.84 Å². The molecule has 0 spiro atoms. The summed E-state index contributed by atoms with van der Waals surface area (Å²) in [4.78, 5) is 0. The van der Waals surface area contributed by atoms with Crippen LogP contribution in [0.5, 0.6) is 0 Å². The molecule has 0 aromatic heterocycles. The lowest BCUT2D eigenvalue weighted by molar-refractivity contribution is -0.121. The molecule has 1 heterocycles. The second-order valence-corrected chi connectivity index (χ2v) is 4.02. The molecular formula is C7H14O2S. The Morgan fingerprint density at radius 2 is 2.40 bits per heavy atom. The van der Waals surface area contributed by atoms with Crippen molar-refractivity contribution in [3.63, 3.8) is 0 Å². The van der Waals surface area contributed by atoms with E-state index in [0.29, 0.717) is 5.25 Å². The summed E-state index contributed by atoms with van der Waals surface area (Å²) in [6.07, 6.45) is 1.41. The van der Waals surface area contributed by atoms with Crippen molar-refractivity contribution in [2.45, 2.75) is 31.3 Å². The molecule has 2 atom stereocenters. The van der Waals surface area contributed by atoms with Gasteiger partial charge in [0.15, 0.2) is 6.29 Å². The van der Waals surface area contributed by atoms with Crippen LogP contribution in [0.25, 0.3) is 0 Å². The first-order valence-corrected chi connectivity index (χ1v) is 4.79. The van der Waals surface area contributed by atoms with Gasteiger partial charge in [-0.05, 0) is 18.6 Å². The minimum Gasteiger partial charge on any atom is -0.368 e. The summed E-state index contributed by atoms with van der Waals surface area (Å²) in [7, 11) is 0. The predicted octanol–water partition coefficient (Wildman–Crippen LogP) is 1.24. The third-order valence-electron chi connectivity index (χ3n) is 1.61. The molecule has 1 rings (SSSR count). The van der Waals surface area contributed by atoms with Crippen LogP contribution >= 0.6 is 11.8 Å². The van der Waals surface area contributed by atoms with Gasteiger partial charge in [-0.3, -0.25) is 0 Å². The molecule has 0 aromatic rings. The Morgan fingerprint density at radius 1 is 1.60 bits per heavy atom. The Labute approximate surface area is 66.0 Å². The molecule has 3 heteroatoms. The molecule has 1 fully saturated rings. The molecule has 60 valence electrons. The lowest BCUT2D eigenvalue weighted by Gasteiger charge is -2.24. The number of aliphatic hydroxyl groups is 1. The van der Waals surface area contributed by atoms with Crippen molar-refractivity contribution in [3.8, 4) is 0 Å². The number of hydrogen-bond donors (Lipinski definition) is 1. The first-order valence-electron chi connectivity index (χ1n) is 3.74. The molecule has 2 unspecified atom stereocenters. The minimum atomic E-state index is -0.492. The van der Waals surface area contributed by atoms with Crippen LogP contribution in [0.3, 0.4) is 0 Å². The van der Waals surface area contributed by atoms with Crippen LogP contribution in [0, 0.1) is 0 Å². The molecule has 1 saturated heterocycles. The predicted molar refractivity (Wildman–Crippen MR) is 43.1 cm³/mol. The van der Waals surface area contributed by atoms with Gasteiger partial charge in [0.05, 0.1) is 6.61 Å². The lowest BCUT2D eigenvalue weighted by Crippen LogP contribution is -2.27. The summed E-state index contributed by atoms with van der Waals surface area (Å²) in [5.74, 6) is 1.14. The number of hydrogen-bond acceptors (Lipinski definition) is 3. The van der Waals surface area contributed by atoms with Crippen LogP contribution in [0.4, 0.5) is 0 Å². The van der Waals surface area contributed by atoms with Gasteiger partial charge in [0.1, 0.15) is 0 Å². The number of rotatable bonds is 2. The summed E-state index contributed by atoms with van der Waals surface area (Å²) >= 11 is 1.92. The van der Waals surface area contributed by atoms with Gasteiger partial charge in [-0.25, -0.2) is 0 Å². The fourth-order valence-electron chi connectivity index (χ4n) is 1.08. The van der Waals surface area contributed by atoms with Crippen LogP contribution in [0.1, 0.15) is 19.8 Å². The van der Waals surface area contributed by atoms with Gasteiger partial charge in [-0.15, -0.1) is 0 Å². The van der Waals surface area contributed by atoms with Crippen molar-refractivity contribution < 1.29 is 9.84 Å². The molecule has 0 radical (unpaired) electrons. The Kier molecular flexibility index (Phi) is 3.52. The average molecular weight is 162 g/mol. The highest BCUT2D eigenvalue weighted by molar-refractivity contribution is 7.99. The molecule has 1 aliphatic heterocycles. The van der Waals surface area contributed by atoms with E-state index in [4.69, 9.17) is 9.84 Å². The molecule has 1 N–H and O–H groups in total. The minimum absolute atomic E-state index is 0.492. The number of thioether (sulfide) groups is 1. The van der Waals surface area contributed by atoms with E-state index in [0.717, 1.165) is 25.2 Å². The molecule has 0 aliphatic carbocycles. The summed E-state index contributed by atoms with van der Waals surface area (Å²) in [6, 6.07) is 0. The van der Waals surface area contributed by atoms with E-state index in [-0.39, 0.29) is 0 Å². The van der Waals surface area contributed by atoms with Crippen molar-refractivity contribution in [3.05, 3.63) is 0 Å². The molecule has 0 aromatic carbocycles. The van der Waals surface area contributed by atoms with Gasteiger partial charge in [0.25, 0.3) is 0 Å². The Hall–Kier alpha value is 0.270. The smallest absolute Gasteiger partial charge is 0.154 e. The van der Waals surface area contributed by atoms with Crippen LogP contribution in [-0.4, -0.2) is 29.0 Å². The van der Waals surface area contributed by atoms with E-state index in [1.807, 2.05) is 11.8 Å². The standard InChI is InChI=1S/C7H14O2S/c1-2-10-6-3-4-7(8)9-5-6/h6-8H,2-5H2,1H3. The highest BCUT2D eigenvalue weighted by atomic mass is 32.2. The van der Waals surface area contributed by atoms with Gasteiger partial charge in [-0.2, -0.15) is 11.8 Å². The summed E-state index contributed by atoms with van der Waals surface area (Å²) < 4.78 is 5.08. The zero-order valence-electron chi connectivity index (χ0n) is 6.25. The zero-order valence-corrected chi connectivity index (χ0v) is 7.06. The SMILES string of the molecule is CCSC1CCC(O)OC1. The van der Waals surface area contributed by atoms with Crippen LogP contribution in [0.15, 0.2) is 0 Å². The van der Waals surface area contributed by atoms with E-state index >= 15 is 0 Å². The van der Waals surface area contributed by atoms with Crippen LogP contribution < -0.4 is 0 Å². The van der Waals surface area contributed by atoms with Crippen LogP contribution in [0.2, 0.25) is 0 Å². The Morgan fingerprint density at radius 3 is 2.90 bits per heavy atom. The molecule has 0 saturated carbocycles. The van der Waals surface area contributed by atoms with Gasteiger partial charge in [-0.1, -0.05) is 6.92 Å². The lowest BCUT2D eigenvalue weighted by atomic mass is 10.2. The molecule has 0 bridgehead atoms. The molecule has 1 aliphatic rings. The van der Waals surface area contributed by atoms with E-state index in [2.05, 4.69) is 6.92 Å². The maximum atomic E-state index is 8.96. The van der Waals surface area contributed by atoms with Crippen LogP contribution in [-0.2, 0) is 4.74 Å². The quantitative estimate of drug-likeness (QED) is 0.662. The highest BCUT2D eigenvalue weighted by Gasteiger charge is 2.18. The average Bonchev–Trinajstić information content (AvgIpc) is 1.95. The zero-order chi connectivity index (χ0) is 7.40. The monoisotopic (exact) mass is 162 g/mol. The number of aliphatic hydroxyl groups excluding tert-OH is 1. The molecule has 2 nitrogen and oxygen atoms in total. The molecule has 0 amide bonds. The maximum absolute atomic E-state index is 8.96. The maximum Gasteiger partial charge on any atom is 0.154 e. The Balaban J connectivity index is 2.13. The van der Waals surface area contributed by atoms with E-state index in [1.165, 1.54) is 0 Å². The van der Waals surface area contributed by atoms with Crippen molar-refractivity contribution in [2.75, 3.05) is 12.4 Å². The van der Waals surface area contributed by atoms with Crippen molar-refractivity contribution in [1.82, 2.24) is 0 Å². The van der Waals surface area contributed by atoms with Crippen molar-refractivity contribution >= 4 is 11.8 Å². The fraction of sp³-hybridized carbons (Fsp3) is 1.00. The van der Waals surface area contributed by atoms with Gasteiger partial charge in [0, 0.05) is 5.25 Å². The topological polar surface area (TPSA) is 29.5 Å². The first kappa shape index (κ1) is 8.37. The second kappa shape index (κ2) is 4.21. The third-order valence-corrected chi connectivity index (χ3v) is 2.79. The summed E-state index contributed by atoms with van der Waals surface area (Å²) in [5, 5.41) is 9.58. The normalized spacial score (nSPS) is 34.2. The second-order valence-electron chi connectivity index (χ2n) is 2.44. The highest BCUT2D eigenvalue weighted by Crippen LogP contribution is 2.22. The summed E-state index contributed by atoms with van der Waals surface area (Å²) in [5.41, 5.74) is 0. The van der Waals surface area contributed by atoms with E-state index in [1.54, 1.807) is 0 Å². The van der Waals surface area contributed by atoms with Gasteiger partial charge in [0.2, 0.25) is 0 Å². The number of ether oxygens (including phenoxy) is 1. The van der Waals surface area contributed by atoms with Crippen molar-refractivity contribution in [1.29, 1.82) is 0 Å². The van der Waals surface area contributed by atoms with Crippen molar-refractivity contribution in [2.24, 2.45) is 0 Å². The first-order chi connectivity index (χ1) is 4.83. The van der Waals surface area contributed by atoms with E-state index in [9.17, 15) is 0 Å². The largest absolute Gasteiger partial charge is 0.368 e. The molecular weight excluding hydrogens is 148 g/mol. The molecule has 10 heavy (non-hydrogen) atoms. The summed E-state index contributed by atoms with van der Waals surface area (Å²) in [6.45, 7) is 2.87. The third kappa shape index (κ3) is 2.48. The van der Waals surface area contributed by atoms with Gasteiger partial charge >= 0.3 is 0 Å².